The number of rotatable bonds is 8. The summed E-state index contributed by atoms with van der Waals surface area (Å²) in [5.41, 5.74) is 7.20. The number of nitrogens with one attached hydrogen (secondary N) is 2. The average Bonchev–Trinajstić information content (AvgIpc) is 3.66. The maximum Gasteiger partial charge on any atom is 0.324 e. The zero-order valence-corrected chi connectivity index (χ0v) is 28.1. The summed E-state index contributed by atoms with van der Waals surface area (Å²) >= 11 is 6.91. The number of amides is 5. The Bertz CT molecular complexity index is 2000. The number of fused-ring (bicyclic) bond motifs is 2. The number of aromatic nitrogens is 2. The summed E-state index contributed by atoms with van der Waals surface area (Å²) in [5.74, 6) is -0.521. The standard InChI is InChI=1S/C37H38ClN7O4/c1-2-22-17-39-34-32(22)33(38)29(18-40-34)24-5-3-6-27(15-24)44-12-4-11-43(37(44)49)14-13-42-19-26(20-42)23-7-8-25-21-45(36(48)28(25)16-23)30-9-10-31(46)41-35(30)47/h3,5-8,15-18,26,30H,2,4,9-14,19-21H2,1H3,(H,39,40)(H,41,46,47). The SMILES string of the molecule is CCc1c[nH]c2ncc(-c3cccc(N4CCCN(CCN5CC(c6ccc7c(c6)C(=O)N(C6CCC(=O)NC6=O)C7)C5)C4=O)c3)c(Cl)c12. The summed E-state index contributed by atoms with van der Waals surface area (Å²) in [6, 6.07) is 13.4. The van der Waals surface area contributed by atoms with Crippen LogP contribution in [0.3, 0.4) is 0 Å². The highest BCUT2D eigenvalue weighted by molar-refractivity contribution is 6.38. The van der Waals surface area contributed by atoms with Gasteiger partial charge in [-0.2, -0.15) is 0 Å². The fourth-order valence-electron chi connectivity index (χ4n) is 7.72. The van der Waals surface area contributed by atoms with E-state index in [-0.39, 0.29) is 24.3 Å². The predicted octanol–water partition coefficient (Wildman–Crippen LogP) is 4.94. The van der Waals surface area contributed by atoms with E-state index in [1.54, 1.807) is 11.1 Å². The molecule has 11 nitrogen and oxygen atoms in total. The van der Waals surface area contributed by atoms with Gasteiger partial charge in [0, 0.05) is 92.7 Å². The van der Waals surface area contributed by atoms with Gasteiger partial charge in [-0.25, -0.2) is 9.78 Å². The van der Waals surface area contributed by atoms with Crippen LogP contribution >= 0.6 is 11.6 Å². The molecule has 0 saturated carbocycles. The van der Waals surface area contributed by atoms with Crippen molar-refractivity contribution in [3.63, 3.8) is 0 Å². The lowest BCUT2D eigenvalue weighted by atomic mass is 9.89. The normalized spacial score (nSPS) is 20.3. The van der Waals surface area contributed by atoms with E-state index in [1.807, 2.05) is 52.4 Å². The van der Waals surface area contributed by atoms with E-state index in [0.717, 1.165) is 83.6 Å². The summed E-state index contributed by atoms with van der Waals surface area (Å²) < 4.78 is 0. The molecule has 4 aromatic rings. The number of carbonyl (C=O) groups is 4. The number of urea groups is 1. The molecule has 0 aliphatic carbocycles. The lowest BCUT2D eigenvalue weighted by molar-refractivity contribution is -0.136. The number of H-pyrrole nitrogens is 1. The number of nitrogens with zero attached hydrogens (tertiary/aromatic N) is 5. The van der Waals surface area contributed by atoms with Gasteiger partial charge in [0.1, 0.15) is 11.7 Å². The molecule has 4 aliphatic heterocycles. The third kappa shape index (κ3) is 5.64. The molecule has 12 heteroatoms. The summed E-state index contributed by atoms with van der Waals surface area (Å²) in [6.45, 7) is 7.00. The molecule has 8 rings (SSSR count). The maximum atomic E-state index is 13.7. The van der Waals surface area contributed by atoms with Crippen molar-refractivity contribution in [3.05, 3.63) is 82.1 Å². The van der Waals surface area contributed by atoms with E-state index in [1.165, 1.54) is 0 Å². The molecule has 0 radical (unpaired) electrons. The number of imide groups is 1. The van der Waals surface area contributed by atoms with Crippen molar-refractivity contribution in [1.82, 2.24) is 30.0 Å². The van der Waals surface area contributed by atoms with Crippen LogP contribution in [0.4, 0.5) is 10.5 Å². The van der Waals surface area contributed by atoms with Crippen molar-refractivity contribution in [3.8, 4) is 11.1 Å². The molecular weight excluding hydrogens is 642 g/mol. The summed E-state index contributed by atoms with van der Waals surface area (Å²) in [6.07, 6.45) is 6.09. The molecule has 5 amide bonds. The van der Waals surface area contributed by atoms with Crippen molar-refractivity contribution in [1.29, 1.82) is 0 Å². The molecule has 49 heavy (non-hydrogen) atoms. The van der Waals surface area contributed by atoms with E-state index < -0.39 is 11.9 Å². The van der Waals surface area contributed by atoms with Gasteiger partial charge in [-0.15, -0.1) is 0 Å². The van der Waals surface area contributed by atoms with Crippen molar-refractivity contribution >= 4 is 52.1 Å². The Morgan fingerprint density at radius 1 is 1.00 bits per heavy atom. The second-order valence-electron chi connectivity index (χ2n) is 13.5. The number of aryl methyl sites for hydroxylation is 1. The molecule has 3 fully saturated rings. The van der Waals surface area contributed by atoms with Crippen LogP contribution in [0.25, 0.3) is 22.2 Å². The third-order valence-corrected chi connectivity index (χ3v) is 10.9. The summed E-state index contributed by atoms with van der Waals surface area (Å²) in [4.78, 5) is 66.5. The van der Waals surface area contributed by atoms with Crippen LogP contribution in [0.15, 0.2) is 54.9 Å². The Kier molecular flexibility index (Phi) is 8.12. The molecule has 0 bridgehead atoms. The van der Waals surface area contributed by atoms with Crippen molar-refractivity contribution in [2.24, 2.45) is 0 Å². The number of benzene rings is 2. The Hall–Kier alpha value is -4.74. The van der Waals surface area contributed by atoms with Gasteiger partial charge < -0.3 is 19.7 Å². The van der Waals surface area contributed by atoms with Crippen LogP contribution in [0.5, 0.6) is 0 Å². The molecule has 2 aromatic heterocycles. The number of carbonyl (C=O) groups excluding carboxylic acids is 4. The predicted molar refractivity (Wildman–Crippen MR) is 187 cm³/mol. The van der Waals surface area contributed by atoms with E-state index >= 15 is 0 Å². The fraction of sp³-hybridized carbons (Fsp3) is 0.378. The maximum absolute atomic E-state index is 13.7. The lowest BCUT2D eigenvalue weighted by Gasteiger charge is -2.42. The van der Waals surface area contributed by atoms with E-state index in [4.69, 9.17) is 11.6 Å². The van der Waals surface area contributed by atoms with Gasteiger partial charge in [0.15, 0.2) is 0 Å². The molecule has 0 spiro atoms. The lowest BCUT2D eigenvalue weighted by Crippen LogP contribution is -2.53. The minimum atomic E-state index is -0.609. The first-order valence-corrected chi connectivity index (χ1v) is 17.5. The second-order valence-corrected chi connectivity index (χ2v) is 13.9. The molecule has 6 heterocycles. The number of likely N-dealkylation sites (tertiary alicyclic amines) is 1. The van der Waals surface area contributed by atoms with Crippen LogP contribution < -0.4 is 10.2 Å². The molecule has 2 aromatic carbocycles. The molecule has 252 valence electrons. The van der Waals surface area contributed by atoms with Gasteiger partial charge in [0.25, 0.3) is 5.91 Å². The Labute approximate surface area is 289 Å². The topological polar surface area (TPSA) is 122 Å². The zero-order chi connectivity index (χ0) is 33.8. The minimum absolute atomic E-state index is 0.0109. The molecule has 1 unspecified atom stereocenters. The van der Waals surface area contributed by atoms with Gasteiger partial charge in [-0.05, 0) is 59.7 Å². The van der Waals surface area contributed by atoms with E-state index in [2.05, 4.69) is 33.2 Å². The monoisotopic (exact) mass is 679 g/mol. The van der Waals surface area contributed by atoms with Gasteiger partial charge in [0.2, 0.25) is 11.8 Å². The minimum Gasteiger partial charge on any atom is -0.346 e. The number of piperidine rings is 1. The van der Waals surface area contributed by atoms with Crippen LogP contribution in [-0.2, 0) is 22.6 Å². The van der Waals surface area contributed by atoms with Gasteiger partial charge in [0.05, 0.1) is 5.02 Å². The van der Waals surface area contributed by atoms with Gasteiger partial charge in [-0.1, -0.05) is 42.8 Å². The Balaban J connectivity index is 0.881. The third-order valence-electron chi connectivity index (χ3n) is 10.5. The summed E-state index contributed by atoms with van der Waals surface area (Å²) in [5, 5.41) is 3.97. The van der Waals surface area contributed by atoms with Gasteiger partial charge >= 0.3 is 6.03 Å². The van der Waals surface area contributed by atoms with Crippen molar-refractivity contribution in [2.75, 3.05) is 44.2 Å². The number of anilines is 1. The smallest absolute Gasteiger partial charge is 0.324 e. The number of hydrogen-bond acceptors (Lipinski definition) is 6. The molecular formula is C37H38ClN7O4. The van der Waals surface area contributed by atoms with Crippen molar-refractivity contribution in [2.45, 2.75) is 51.1 Å². The van der Waals surface area contributed by atoms with Crippen LogP contribution in [-0.4, -0.2) is 93.7 Å². The van der Waals surface area contributed by atoms with Crippen LogP contribution in [0.1, 0.15) is 59.2 Å². The first-order chi connectivity index (χ1) is 23.8. The second kappa shape index (κ2) is 12.6. The highest BCUT2D eigenvalue weighted by Gasteiger charge is 2.40. The van der Waals surface area contributed by atoms with Gasteiger partial charge in [-0.3, -0.25) is 24.6 Å². The number of pyridine rings is 1. The summed E-state index contributed by atoms with van der Waals surface area (Å²) in [7, 11) is 0. The molecule has 4 aliphatic rings. The number of aromatic amines is 1. The van der Waals surface area contributed by atoms with E-state index in [0.29, 0.717) is 42.6 Å². The molecule has 2 N–H and O–H groups in total. The Morgan fingerprint density at radius 2 is 1.86 bits per heavy atom. The average molecular weight is 680 g/mol. The van der Waals surface area contributed by atoms with Crippen molar-refractivity contribution < 1.29 is 19.2 Å². The fourth-order valence-corrected chi connectivity index (χ4v) is 8.09. The Morgan fingerprint density at radius 3 is 2.67 bits per heavy atom. The van der Waals surface area contributed by atoms with E-state index in [9.17, 15) is 19.2 Å². The first kappa shape index (κ1) is 31.5. The molecule has 1 atom stereocenters. The molecule has 3 saturated heterocycles. The highest BCUT2D eigenvalue weighted by atomic mass is 35.5. The van der Waals surface area contributed by atoms with Crippen LogP contribution in [0, 0.1) is 0 Å². The number of hydrogen-bond donors (Lipinski definition) is 2. The highest BCUT2D eigenvalue weighted by Crippen LogP contribution is 2.37. The zero-order valence-electron chi connectivity index (χ0n) is 27.4. The number of halogens is 1. The van der Waals surface area contributed by atoms with Crippen LogP contribution in [0.2, 0.25) is 5.02 Å². The quantitative estimate of drug-likeness (QED) is 0.255. The largest absolute Gasteiger partial charge is 0.346 e. The first-order valence-electron chi connectivity index (χ1n) is 17.1.